The molecule has 3 aromatic rings. The molecule has 2 saturated heterocycles. The number of hydrogen-bond acceptors (Lipinski definition) is 6. The van der Waals surface area contributed by atoms with Gasteiger partial charge in [-0.1, -0.05) is 48.5 Å². The van der Waals surface area contributed by atoms with Gasteiger partial charge in [-0.05, 0) is 67.6 Å². The summed E-state index contributed by atoms with van der Waals surface area (Å²) in [5.74, 6) is -0.654. The van der Waals surface area contributed by atoms with Crippen LogP contribution < -0.4 is 20.7 Å². The third kappa shape index (κ3) is 7.41. The van der Waals surface area contributed by atoms with Crippen molar-refractivity contribution in [1.82, 2.24) is 20.7 Å². The lowest BCUT2D eigenvalue weighted by molar-refractivity contribution is -0.176. The van der Waals surface area contributed by atoms with Crippen LogP contribution in [-0.4, -0.2) is 64.2 Å². The number of hydrogen-bond donors (Lipinski definition) is 3. The third-order valence-corrected chi connectivity index (χ3v) is 7.55. The number of carbonyl (C=O) groups excluding carboxylic acids is 5. The summed E-state index contributed by atoms with van der Waals surface area (Å²) in [6.45, 7) is 3.77. The predicted molar refractivity (Wildman–Crippen MR) is 162 cm³/mol. The first kappa shape index (κ1) is 30.3. The molecule has 5 amide bonds. The highest BCUT2D eigenvalue weighted by atomic mass is 16.5. The molecule has 2 heterocycles. The van der Waals surface area contributed by atoms with Crippen LogP contribution in [0.4, 0.5) is 10.5 Å². The van der Waals surface area contributed by atoms with Crippen molar-refractivity contribution in [3.8, 4) is 11.5 Å². The van der Waals surface area contributed by atoms with E-state index in [9.17, 15) is 24.0 Å². The first-order valence-corrected chi connectivity index (χ1v) is 14.5. The third-order valence-electron chi connectivity index (χ3n) is 7.55. The van der Waals surface area contributed by atoms with E-state index in [0.29, 0.717) is 30.0 Å². The summed E-state index contributed by atoms with van der Waals surface area (Å²) in [4.78, 5) is 65.5. The van der Waals surface area contributed by atoms with Crippen LogP contribution >= 0.6 is 0 Å². The molecular formula is C33H34N5O6. The first-order chi connectivity index (χ1) is 21.3. The molecule has 2 fully saturated rings. The van der Waals surface area contributed by atoms with Crippen molar-refractivity contribution in [3.05, 3.63) is 97.4 Å². The molecule has 0 saturated carbocycles. The minimum atomic E-state index is -1.05. The van der Waals surface area contributed by atoms with Crippen molar-refractivity contribution in [2.24, 2.45) is 0 Å². The molecule has 2 aliphatic rings. The number of fused-ring (bicyclic) bond motifs is 1. The Hall–Kier alpha value is -5.19. The van der Waals surface area contributed by atoms with Crippen molar-refractivity contribution < 1.29 is 28.7 Å². The number of ether oxygens (including phenoxy) is 1. The summed E-state index contributed by atoms with van der Waals surface area (Å²) in [5.41, 5.74) is 1.31. The van der Waals surface area contributed by atoms with Crippen LogP contribution in [0.15, 0.2) is 84.9 Å². The largest absolute Gasteiger partial charge is 0.457 e. The maximum atomic E-state index is 13.8. The minimum absolute atomic E-state index is 0.0149. The zero-order valence-electron chi connectivity index (χ0n) is 24.1. The van der Waals surface area contributed by atoms with Gasteiger partial charge in [0.1, 0.15) is 23.6 Å². The van der Waals surface area contributed by atoms with E-state index in [0.717, 1.165) is 10.6 Å². The number of Topliss-reactive ketones (excluding diaryl/α,β-unsaturated/α-hetero) is 1. The van der Waals surface area contributed by atoms with Crippen molar-refractivity contribution >= 4 is 35.2 Å². The highest BCUT2D eigenvalue weighted by Gasteiger charge is 2.45. The Morgan fingerprint density at radius 2 is 1.55 bits per heavy atom. The molecule has 0 aliphatic carbocycles. The molecule has 11 nitrogen and oxygen atoms in total. The Morgan fingerprint density at radius 3 is 2.23 bits per heavy atom. The Morgan fingerprint density at radius 1 is 0.886 bits per heavy atom. The molecule has 3 atom stereocenters. The first-order valence-electron chi connectivity index (χ1n) is 14.5. The van der Waals surface area contributed by atoms with E-state index in [1.807, 2.05) is 60.7 Å². The summed E-state index contributed by atoms with van der Waals surface area (Å²) < 4.78 is 5.77. The quantitative estimate of drug-likeness (QED) is 0.345. The number of benzene rings is 3. The van der Waals surface area contributed by atoms with E-state index in [2.05, 4.69) is 22.9 Å². The molecule has 2 aliphatic heterocycles. The minimum Gasteiger partial charge on any atom is -0.457 e. The molecule has 0 aromatic heterocycles. The monoisotopic (exact) mass is 596 g/mol. The van der Waals surface area contributed by atoms with Crippen molar-refractivity contribution in [2.75, 3.05) is 11.9 Å². The second kappa shape index (κ2) is 13.9. The lowest BCUT2D eigenvalue weighted by atomic mass is 10.0. The molecule has 1 radical (unpaired) electrons. The van der Waals surface area contributed by atoms with Crippen molar-refractivity contribution in [1.29, 1.82) is 0 Å². The second-order valence-corrected chi connectivity index (χ2v) is 10.7. The molecule has 3 N–H and O–H groups in total. The van der Waals surface area contributed by atoms with E-state index in [-0.39, 0.29) is 31.7 Å². The zero-order valence-corrected chi connectivity index (χ0v) is 24.1. The Bertz CT molecular complexity index is 1500. The summed E-state index contributed by atoms with van der Waals surface area (Å²) in [6, 6.07) is 21.6. The Balaban J connectivity index is 1.24. The van der Waals surface area contributed by atoms with Gasteiger partial charge in [0.05, 0.1) is 6.04 Å². The fourth-order valence-electron chi connectivity index (χ4n) is 5.33. The van der Waals surface area contributed by atoms with Gasteiger partial charge in [-0.3, -0.25) is 24.2 Å². The number of ketones is 1. The van der Waals surface area contributed by atoms with E-state index >= 15 is 0 Å². The Labute approximate surface area is 255 Å². The van der Waals surface area contributed by atoms with Gasteiger partial charge >= 0.3 is 6.03 Å². The van der Waals surface area contributed by atoms with Crippen LogP contribution in [0, 0.1) is 6.92 Å². The van der Waals surface area contributed by atoms with Gasteiger partial charge in [0.2, 0.25) is 11.8 Å². The molecule has 0 spiro atoms. The summed E-state index contributed by atoms with van der Waals surface area (Å²) in [7, 11) is 0. The van der Waals surface area contributed by atoms with Crippen molar-refractivity contribution in [3.63, 3.8) is 0 Å². The van der Waals surface area contributed by atoms with Crippen LogP contribution in [0.25, 0.3) is 0 Å². The van der Waals surface area contributed by atoms with Gasteiger partial charge in [-0.15, -0.1) is 0 Å². The number of carbonyl (C=O) groups is 5. The molecule has 5 rings (SSSR count). The number of nitrogens with one attached hydrogen (secondary N) is 3. The molecule has 0 unspecified atom stereocenters. The SMILES string of the molecule is [CH2]C(=O)[C@H](Cc1ccccc1)NC(=O)[C@@H]1CCCN2C(=O)CC[C@H](NC(=O)Nc3ccc(Oc4ccccc4)cc3)C(=O)N12. The fourth-order valence-corrected chi connectivity index (χ4v) is 5.33. The molecule has 11 heteroatoms. The van der Waals surface area contributed by atoms with Gasteiger partial charge in [0.25, 0.3) is 5.91 Å². The van der Waals surface area contributed by atoms with Gasteiger partial charge in [0, 0.05) is 25.6 Å². The van der Waals surface area contributed by atoms with Crippen LogP contribution in [0.3, 0.4) is 0 Å². The lowest BCUT2D eigenvalue weighted by Gasteiger charge is -2.43. The number of urea groups is 1. The van der Waals surface area contributed by atoms with Gasteiger partial charge in [-0.25, -0.2) is 9.80 Å². The number of amides is 5. The summed E-state index contributed by atoms with van der Waals surface area (Å²) >= 11 is 0. The second-order valence-electron chi connectivity index (χ2n) is 10.7. The van der Waals surface area contributed by atoms with Crippen LogP contribution in [0.1, 0.15) is 31.2 Å². The van der Waals surface area contributed by atoms with E-state index in [1.54, 1.807) is 24.3 Å². The molecule has 0 bridgehead atoms. The van der Waals surface area contributed by atoms with Gasteiger partial charge < -0.3 is 20.7 Å². The lowest BCUT2D eigenvalue weighted by Crippen LogP contribution is -2.64. The van der Waals surface area contributed by atoms with Crippen LogP contribution in [0.2, 0.25) is 0 Å². The molecule has 227 valence electrons. The zero-order chi connectivity index (χ0) is 31.1. The standard InChI is InChI=1S/C33H34N5O6/c1-22(39)28(21-23-9-4-2-5-10-23)35-31(41)29-13-8-20-37-30(40)19-18-27(32(42)38(29)37)36-33(43)34-24-14-16-26(17-15-24)44-25-11-6-3-7-12-25/h2-7,9-12,14-17,27-29H,1,8,13,18-21H2,(H,35,41)(H2,34,36,43)/t27-,28-,29-/m0/s1. The van der Waals surface area contributed by atoms with E-state index < -0.39 is 41.8 Å². The average molecular weight is 597 g/mol. The van der Waals surface area contributed by atoms with Crippen LogP contribution in [0.5, 0.6) is 11.5 Å². The molecule has 3 aromatic carbocycles. The van der Waals surface area contributed by atoms with Crippen molar-refractivity contribution in [2.45, 2.75) is 50.2 Å². The number of hydrazine groups is 1. The topological polar surface area (TPSA) is 137 Å². The number of rotatable bonds is 9. The predicted octanol–water partition coefficient (Wildman–Crippen LogP) is 3.63. The fraction of sp³-hybridized carbons (Fsp3) is 0.273. The Kier molecular flexibility index (Phi) is 9.53. The number of anilines is 1. The highest BCUT2D eigenvalue weighted by Crippen LogP contribution is 2.26. The number of para-hydroxylation sites is 1. The van der Waals surface area contributed by atoms with Gasteiger partial charge in [0.15, 0.2) is 5.78 Å². The maximum Gasteiger partial charge on any atom is 0.319 e. The van der Waals surface area contributed by atoms with E-state index in [4.69, 9.17) is 4.74 Å². The average Bonchev–Trinajstić information content (AvgIpc) is 3.14. The summed E-state index contributed by atoms with van der Waals surface area (Å²) in [6.07, 6.45) is 1.12. The van der Waals surface area contributed by atoms with Crippen LogP contribution in [-0.2, 0) is 25.6 Å². The maximum absolute atomic E-state index is 13.8. The molecule has 44 heavy (non-hydrogen) atoms. The van der Waals surface area contributed by atoms with E-state index in [1.165, 1.54) is 5.01 Å². The normalized spacial score (nSPS) is 18.8. The number of nitrogens with zero attached hydrogens (tertiary/aromatic N) is 2. The summed E-state index contributed by atoms with van der Waals surface area (Å²) in [5, 5.41) is 10.6. The smallest absolute Gasteiger partial charge is 0.319 e. The molecular weight excluding hydrogens is 562 g/mol. The van der Waals surface area contributed by atoms with Gasteiger partial charge in [-0.2, -0.15) is 0 Å². The highest BCUT2D eigenvalue weighted by molar-refractivity contribution is 5.98.